The van der Waals surface area contributed by atoms with Gasteiger partial charge in [-0.3, -0.25) is 9.59 Å². The maximum Gasteiger partial charge on any atom is 0.255 e. The van der Waals surface area contributed by atoms with E-state index in [9.17, 15) is 9.59 Å². The third-order valence-corrected chi connectivity index (χ3v) is 5.01. The number of thioether (sulfide) groups is 1. The molecule has 27 heavy (non-hydrogen) atoms. The number of hydrogen-bond donors (Lipinski definition) is 1. The summed E-state index contributed by atoms with van der Waals surface area (Å²) in [6.45, 7) is 0.431. The molecule has 3 aromatic rings. The van der Waals surface area contributed by atoms with Crippen molar-refractivity contribution in [2.75, 3.05) is 12.8 Å². The third-order valence-electron chi connectivity index (χ3n) is 3.91. The normalized spacial score (nSPS) is 10.6. The molecule has 0 aliphatic heterocycles. The van der Waals surface area contributed by atoms with Crippen molar-refractivity contribution in [3.8, 4) is 5.69 Å². The molecule has 6 nitrogen and oxygen atoms in total. The highest BCUT2D eigenvalue weighted by Gasteiger charge is 2.17. The summed E-state index contributed by atoms with van der Waals surface area (Å²) in [5.41, 5.74) is 7.66. The highest BCUT2D eigenvalue weighted by atomic mass is 32.2. The molecule has 0 atom stereocenters. The van der Waals surface area contributed by atoms with Crippen LogP contribution in [0.15, 0.2) is 71.9 Å². The molecule has 1 aromatic heterocycles. The van der Waals surface area contributed by atoms with Crippen LogP contribution in [0.4, 0.5) is 0 Å². The predicted octanol–water partition coefficient (Wildman–Crippen LogP) is 2.72. The summed E-state index contributed by atoms with van der Waals surface area (Å²) in [5.74, 6) is -0.392. The molecule has 2 amide bonds. The standard InChI is InChI=1S/C20H20N4O2S/c1-23(12-15-11-22-24(13-15)16-7-3-2-4-8-16)20(26)17-9-5-6-10-18(17)27-14-19(21)25/h2-11,13H,12,14H2,1H3,(H2,21,25). The molecule has 138 valence electrons. The topological polar surface area (TPSA) is 81.2 Å². The minimum absolute atomic E-state index is 0.116. The van der Waals surface area contributed by atoms with Gasteiger partial charge < -0.3 is 10.6 Å². The summed E-state index contributed by atoms with van der Waals surface area (Å²) in [4.78, 5) is 26.3. The molecular weight excluding hydrogens is 360 g/mol. The second kappa shape index (κ2) is 8.55. The van der Waals surface area contributed by atoms with E-state index in [4.69, 9.17) is 5.73 Å². The van der Waals surface area contributed by atoms with Crippen molar-refractivity contribution >= 4 is 23.6 Å². The summed E-state index contributed by atoms with van der Waals surface area (Å²) < 4.78 is 1.78. The van der Waals surface area contributed by atoms with Gasteiger partial charge in [0.2, 0.25) is 5.91 Å². The molecule has 0 fully saturated rings. The quantitative estimate of drug-likeness (QED) is 0.639. The Balaban J connectivity index is 1.72. The number of rotatable bonds is 7. The lowest BCUT2D eigenvalue weighted by atomic mass is 10.2. The number of nitrogens with two attached hydrogens (primary N) is 1. The van der Waals surface area contributed by atoms with E-state index >= 15 is 0 Å². The van der Waals surface area contributed by atoms with Gasteiger partial charge in [0, 0.05) is 30.2 Å². The van der Waals surface area contributed by atoms with E-state index in [1.54, 1.807) is 28.9 Å². The molecule has 0 saturated carbocycles. The summed E-state index contributed by atoms with van der Waals surface area (Å²) in [5, 5.41) is 4.36. The van der Waals surface area contributed by atoms with E-state index in [0.717, 1.165) is 16.1 Å². The average molecular weight is 380 g/mol. The van der Waals surface area contributed by atoms with Crippen LogP contribution < -0.4 is 5.73 Å². The molecule has 0 saturated heterocycles. The van der Waals surface area contributed by atoms with Crippen LogP contribution in [0, 0.1) is 0 Å². The van der Waals surface area contributed by atoms with Gasteiger partial charge in [-0.1, -0.05) is 30.3 Å². The number of aromatic nitrogens is 2. The van der Waals surface area contributed by atoms with Crippen molar-refractivity contribution in [2.45, 2.75) is 11.4 Å². The number of primary amides is 1. The molecule has 2 aromatic carbocycles. The van der Waals surface area contributed by atoms with Crippen LogP contribution in [0.25, 0.3) is 5.69 Å². The van der Waals surface area contributed by atoms with Gasteiger partial charge in [-0.05, 0) is 24.3 Å². The van der Waals surface area contributed by atoms with Crippen LogP contribution in [0.2, 0.25) is 0 Å². The molecule has 0 unspecified atom stereocenters. The molecule has 1 heterocycles. The van der Waals surface area contributed by atoms with Gasteiger partial charge in [-0.25, -0.2) is 4.68 Å². The van der Waals surface area contributed by atoms with Crippen LogP contribution in [0.1, 0.15) is 15.9 Å². The maximum absolute atomic E-state index is 12.9. The number of nitrogens with zero attached hydrogens (tertiary/aromatic N) is 3. The van der Waals surface area contributed by atoms with Crippen LogP contribution in [-0.4, -0.2) is 39.3 Å². The lowest BCUT2D eigenvalue weighted by Crippen LogP contribution is -2.26. The van der Waals surface area contributed by atoms with Crippen LogP contribution >= 0.6 is 11.8 Å². The SMILES string of the molecule is CN(Cc1cnn(-c2ccccc2)c1)C(=O)c1ccccc1SCC(N)=O. The number of para-hydroxylation sites is 1. The zero-order valence-corrected chi connectivity index (χ0v) is 15.7. The van der Waals surface area contributed by atoms with Crippen molar-refractivity contribution < 1.29 is 9.59 Å². The molecular formula is C20H20N4O2S. The van der Waals surface area contributed by atoms with Gasteiger partial charge in [0.05, 0.1) is 23.2 Å². The monoisotopic (exact) mass is 380 g/mol. The first kappa shape index (κ1) is 18.7. The zero-order valence-electron chi connectivity index (χ0n) is 14.9. The summed E-state index contributed by atoms with van der Waals surface area (Å²) in [6, 6.07) is 17.0. The zero-order chi connectivity index (χ0) is 19.2. The van der Waals surface area contributed by atoms with E-state index in [1.807, 2.05) is 54.7 Å². The average Bonchev–Trinajstić information content (AvgIpc) is 3.15. The van der Waals surface area contributed by atoms with E-state index < -0.39 is 5.91 Å². The second-order valence-electron chi connectivity index (χ2n) is 6.04. The molecule has 3 rings (SSSR count). The number of amides is 2. The first-order chi connectivity index (χ1) is 13.0. The first-order valence-corrected chi connectivity index (χ1v) is 9.37. The summed E-state index contributed by atoms with van der Waals surface area (Å²) in [7, 11) is 1.75. The molecule has 0 aliphatic rings. The Morgan fingerprint density at radius 2 is 1.81 bits per heavy atom. The summed E-state index contributed by atoms with van der Waals surface area (Å²) >= 11 is 1.27. The smallest absolute Gasteiger partial charge is 0.255 e. The molecule has 0 spiro atoms. The number of carbonyl (C=O) groups excluding carboxylic acids is 2. The highest BCUT2D eigenvalue weighted by molar-refractivity contribution is 8.00. The Bertz CT molecular complexity index is 940. The first-order valence-electron chi connectivity index (χ1n) is 8.39. The fraction of sp³-hybridized carbons (Fsp3) is 0.150. The van der Waals surface area contributed by atoms with Gasteiger partial charge in [-0.2, -0.15) is 5.10 Å². The minimum atomic E-state index is -0.413. The van der Waals surface area contributed by atoms with Crippen molar-refractivity contribution in [3.63, 3.8) is 0 Å². The molecule has 0 radical (unpaired) electrons. The fourth-order valence-corrected chi connectivity index (χ4v) is 3.42. The highest BCUT2D eigenvalue weighted by Crippen LogP contribution is 2.24. The maximum atomic E-state index is 12.9. The van der Waals surface area contributed by atoms with Gasteiger partial charge in [0.15, 0.2) is 0 Å². The van der Waals surface area contributed by atoms with E-state index in [1.165, 1.54) is 11.8 Å². The number of hydrogen-bond acceptors (Lipinski definition) is 4. The summed E-state index contributed by atoms with van der Waals surface area (Å²) in [6.07, 6.45) is 3.66. The van der Waals surface area contributed by atoms with Crippen molar-refractivity contribution in [2.24, 2.45) is 5.73 Å². The van der Waals surface area contributed by atoms with E-state index in [0.29, 0.717) is 12.1 Å². The van der Waals surface area contributed by atoms with Crippen molar-refractivity contribution in [3.05, 3.63) is 78.1 Å². The Hall–Kier alpha value is -3.06. The second-order valence-corrected chi connectivity index (χ2v) is 7.06. The Morgan fingerprint density at radius 1 is 1.11 bits per heavy atom. The lowest BCUT2D eigenvalue weighted by Gasteiger charge is -2.18. The van der Waals surface area contributed by atoms with Gasteiger partial charge >= 0.3 is 0 Å². The largest absolute Gasteiger partial charge is 0.369 e. The molecule has 0 bridgehead atoms. The Kier molecular flexibility index (Phi) is 5.93. The third kappa shape index (κ3) is 4.77. The van der Waals surface area contributed by atoms with Crippen molar-refractivity contribution in [1.82, 2.24) is 14.7 Å². The van der Waals surface area contributed by atoms with Crippen molar-refractivity contribution in [1.29, 1.82) is 0 Å². The number of benzene rings is 2. The van der Waals surface area contributed by atoms with E-state index in [2.05, 4.69) is 5.10 Å². The van der Waals surface area contributed by atoms with Crippen LogP contribution in [-0.2, 0) is 11.3 Å². The number of carbonyl (C=O) groups is 2. The predicted molar refractivity (Wildman–Crippen MR) is 106 cm³/mol. The fourth-order valence-electron chi connectivity index (χ4n) is 2.63. The van der Waals surface area contributed by atoms with Gasteiger partial charge in [0.1, 0.15) is 0 Å². The minimum Gasteiger partial charge on any atom is -0.369 e. The van der Waals surface area contributed by atoms with Crippen LogP contribution in [0.5, 0.6) is 0 Å². The lowest BCUT2D eigenvalue weighted by molar-refractivity contribution is -0.115. The van der Waals surface area contributed by atoms with E-state index in [-0.39, 0.29) is 11.7 Å². The van der Waals surface area contributed by atoms with Gasteiger partial charge in [0.25, 0.3) is 5.91 Å². The molecule has 2 N–H and O–H groups in total. The Morgan fingerprint density at radius 3 is 2.56 bits per heavy atom. The Labute approximate surface area is 162 Å². The molecule has 7 heteroatoms. The van der Waals surface area contributed by atoms with Crippen LogP contribution in [0.3, 0.4) is 0 Å². The van der Waals surface area contributed by atoms with Gasteiger partial charge in [-0.15, -0.1) is 11.8 Å². The molecule has 0 aliphatic carbocycles.